The Hall–Kier alpha value is -2.75. The number of hydrogen-bond donors (Lipinski definition) is 1. The van der Waals surface area contributed by atoms with Crippen LogP contribution in [0.15, 0.2) is 59.0 Å². The molecule has 0 aromatic heterocycles. The lowest BCUT2D eigenvalue weighted by Gasteiger charge is -2.36. The normalized spacial score (nSPS) is 17.6. The van der Waals surface area contributed by atoms with Crippen molar-refractivity contribution in [1.29, 1.82) is 5.26 Å². The number of benzene rings is 2. The Bertz CT molecular complexity index is 1060. The molecule has 172 valence electrons. The zero-order valence-corrected chi connectivity index (χ0v) is 20.3. The van der Waals surface area contributed by atoms with E-state index in [-0.39, 0.29) is 10.7 Å². The summed E-state index contributed by atoms with van der Waals surface area (Å²) in [5.41, 5.74) is 3.83. The number of hydrogen-bond acceptors (Lipinski definition) is 5. The van der Waals surface area contributed by atoms with Gasteiger partial charge in [-0.05, 0) is 69.1 Å². The van der Waals surface area contributed by atoms with Gasteiger partial charge in [-0.1, -0.05) is 24.3 Å². The number of nitrogens with zero attached hydrogens (tertiary/aromatic N) is 3. The van der Waals surface area contributed by atoms with Gasteiger partial charge in [0.2, 0.25) is 5.91 Å². The summed E-state index contributed by atoms with van der Waals surface area (Å²) in [7, 11) is 0. The Morgan fingerprint density at radius 1 is 1.09 bits per heavy atom. The third-order valence-corrected chi connectivity index (χ3v) is 7.70. The van der Waals surface area contributed by atoms with Crippen LogP contribution in [0.4, 0.5) is 5.69 Å². The van der Waals surface area contributed by atoms with E-state index in [1.165, 1.54) is 4.90 Å². The van der Waals surface area contributed by atoms with Crippen molar-refractivity contribution in [3.63, 3.8) is 0 Å². The second-order valence-electron chi connectivity index (χ2n) is 9.16. The largest absolute Gasteiger partial charge is 0.369 e. The van der Waals surface area contributed by atoms with Gasteiger partial charge in [0.05, 0.1) is 11.6 Å². The number of nitrogens with one attached hydrogen (secondary N) is 1. The van der Waals surface area contributed by atoms with Crippen LogP contribution in [0.25, 0.3) is 6.08 Å². The highest BCUT2D eigenvalue weighted by atomic mass is 32.2. The first-order valence-electron chi connectivity index (χ1n) is 11.7. The molecule has 2 aromatic rings. The molecule has 0 unspecified atom stereocenters. The molecule has 0 radical (unpaired) electrons. The van der Waals surface area contributed by atoms with Crippen LogP contribution in [-0.4, -0.2) is 54.8 Å². The molecule has 1 fully saturated rings. The Morgan fingerprint density at radius 2 is 1.88 bits per heavy atom. The molecule has 2 aliphatic rings. The van der Waals surface area contributed by atoms with Crippen LogP contribution in [0.1, 0.15) is 37.8 Å². The van der Waals surface area contributed by atoms with Gasteiger partial charge in [-0.3, -0.25) is 9.69 Å². The van der Waals surface area contributed by atoms with E-state index in [1.807, 2.05) is 36.4 Å². The summed E-state index contributed by atoms with van der Waals surface area (Å²) in [5.74, 6) is 0.0511. The van der Waals surface area contributed by atoms with Crippen molar-refractivity contribution >= 4 is 29.4 Å². The Balaban J connectivity index is 1.18. The summed E-state index contributed by atoms with van der Waals surface area (Å²) < 4.78 is -0.231. The molecule has 0 spiro atoms. The molecule has 5 nitrogen and oxygen atoms in total. The summed E-state index contributed by atoms with van der Waals surface area (Å²) in [5, 5.41) is 12.3. The molecule has 0 aliphatic carbocycles. The zero-order valence-electron chi connectivity index (χ0n) is 19.5. The van der Waals surface area contributed by atoms with Crippen LogP contribution in [0.2, 0.25) is 0 Å². The maximum Gasteiger partial charge on any atom is 0.248 e. The lowest BCUT2D eigenvalue weighted by atomic mass is 9.97. The summed E-state index contributed by atoms with van der Waals surface area (Å²) in [4.78, 5) is 19.0. The molecule has 6 heteroatoms. The van der Waals surface area contributed by atoms with E-state index in [0.717, 1.165) is 62.4 Å². The first-order chi connectivity index (χ1) is 16.0. The van der Waals surface area contributed by atoms with E-state index < -0.39 is 0 Å². The average Bonchev–Trinajstić information content (AvgIpc) is 2.83. The third-order valence-electron chi connectivity index (χ3n) is 6.38. The smallest absolute Gasteiger partial charge is 0.248 e. The number of piperazine rings is 1. The van der Waals surface area contributed by atoms with Gasteiger partial charge in [0.1, 0.15) is 0 Å². The minimum atomic E-state index is -0.231. The second kappa shape index (κ2) is 10.5. The van der Waals surface area contributed by atoms with Gasteiger partial charge in [-0.25, -0.2) is 0 Å². The van der Waals surface area contributed by atoms with Crippen molar-refractivity contribution in [2.45, 2.75) is 36.3 Å². The number of unbranched alkanes of at least 4 members (excludes halogenated alkanes) is 1. The van der Waals surface area contributed by atoms with E-state index in [4.69, 9.17) is 5.26 Å². The molecule has 1 amide bonds. The Kier molecular flexibility index (Phi) is 7.42. The van der Waals surface area contributed by atoms with Crippen molar-refractivity contribution in [3.8, 4) is 6.07 Å². The predicted octanol–water partition coefficient (Wildman–Crippen LogP) is 4.54. The highest BCUT2D eigenvalue weighted by Crippen LogP contribution is 2.44. The van der Waals surface area contributed by atoms with Crippen LogP contribution in [0, 0.1) is 11.3 Å². The van der Waals surface area contributed by atoms with E-state index in [9.17, 15) is 4.79 Å². The summed E-state index contributed by atoms with van der Waals surface area (Å²) in [6.07, 6.45) is 4.10. The molecule has 0 bridgehead atoms. The third kappa shape index (κ3) is 5.79. The molecule has 1 N–H and O–H groups in total. The molecule has 1 saturated heterocycles. The number of thioether (sulfide) groups is 1. The molecule has 2 aliphatic heterocycles. The Morgan fingerprint density at radius 3 is 2.67 bits per heavy atom. The highest BCUT2D eigenvalue weighted by Gasteiger charge is 2.33. The molecular weight excluding hydrogens is 428 g/mol. The molecule has 4 rings (SSSR count). The summed E-state index contributed by atoms with van der Waals surface area (Å²) in [6, 6.07) is 18.3. The maximum absolute atomic E-state index is 12.9. The minimum Gasteiger partial charge on any atom is -0.369 e. The van der Waals surface area contributed by atoms with E-state index in [0.29, 0.717) is 12.1 Å². The number of rotatable bonds is 7. The SMILES string of the molecule is CC1(C)Sc2ccccc2C=C1C(=O)NCCCCN1CCN(c2cccc(C#N)c2)CC1. The van der Waals surface area contributed by atoms with Gasteiger partial charge in [-0.15, -0.1) is 11.8 Å². The van der Waals surface area contributed by atoms with E-state index in [1.54, 1.807) is 11.8 Å². The monoisotopic (exact) mass is 460 g/mol. The highest BCUT2D eigenvalue weighted by molar-refractivity contribution is 8.01. The van der Waals surface area contributed by atoms with Gasteiger partial charge >= 0.3 is 0 Å². The fourth-order valence-electron chi connectivity index (χ4n) is 4.45. The van der Waals surface area contributed by atoms with Gasteiger partial charge < -0.3 is 10.2 Å². The number of nitriles is 1. The molecule has 2 aromatic carbocycles. The quantitative estimate of drug-likeness (QED) is 0.615. The van der Waals surface area contributed by atoms with Crippen LogP contribution in [-0.2, 0) is 4.79 Å². The van der Waals surface area contributed by atoms with Gasteiger partial charge in [0.15, 0.2) is 0 Å². The van der Waals surface area contributed by atoms with Crippen LogP contribution >= 0.6 is 11.8 Å². The average molecular weight is 461 g/mol. The second-order valence-corrected chi connectivity index (χ2v) is 10.8. The Labute approximate surface area is 201 Å². The minimum absolute atomic E-state index is 0.0511. The van der Waals surface area contributed by atoms with Gasteiger partial charge in [-0.2, -0.15) is 5.26 Å². The first kappa shape index (κ1) is 23.4. The number of anilines is 1. The molecule has 33 heavy (non-hydrogen) atoms. The van der Waals surface area contributed by atoms with Crippen molar-refractivity contribution in [1.82, 2.24) is 10.2 Å². The molecule has 0 atom stereocenters. The molecular formula is C27H32N4OS. The number of fused-ring (bicyclic) bond motifs is 1. The zero-order chi connectivity index (χ0) is 23.3. The molecule has 0 saturated carbocycles. The molecule has 2 heterocycles. The van der Waals surface area contributed by atoms with Crippen LogP contribution in [0.3, 0.4) is 0 Å². The number of carbonyl (C=O) groups is 1. The summed E-state index contributed by atoms with van der Waals surface area (Å²) in [6.45, 7) is 10.0. The van der Waals surface area contributed by atoms with Crippen molar-refractivity contribution in [2.24, 2.45) is 0 Å². The lowest BCUT2D eigenvalue weighted by molar-refractivity contribution is -0.117. The van der Waals surface area contributed by atoms with Crippen LogP contribution in [0.5, 0.6) is 0 Å². The van der Waals surface area contributed by atoms with Crippen LogP contribution < -0.4 is 10.2 Å². The standard InChI is InChI=1S/C27H32N4OS/c1-27(2)24(19-22-9-3-4-11-25(22)33-27)26(32)29-12-5-6-13-30-14-16-31(17-15-30)23-10-7-8-21(18-23)20-28/h3-4,7-11,18-19H,5-6,12-17H2,1-2H3,(H,29,32). The summed E-state index contributed by atoms with van der Waals surface area (Å²) >= 11 is 1.76. The maximum atomic E-state index is 12.9. The fourth-order valence-corrected chi connectivity index (χ4v) is 5.65. The van der Waals surface area contributed by atoms with Gasteiger partial charge in [0.25, 0.3) is 0 Å². The number of amides is 1. The first-order valence-corrected chi connectivity index (χ1v) is 12.5. The lowest BCUT2D eigenvalue weighted by Crippen LogP contribution is -2.46. The topological polar surface area (TPSA) is 59.4 Å². The van der Waals surface area contributed by atoms with E-state index >= 15 is 0 Å². The number of carbonyl (C=O) groups excluding carboxylic acids is 1. The van der Waals surface area contributed by atoms with Gasteiger partial charge in [0, 0.05) is 53.6 Å². The predicted molar refractivity (Wildman–Crippen MR) is 136 cm³/mol. The van der Waals surface area contributed by atoms with Crippen molar-refractivity contribution < 1.29 is 4.79 Å². The van der Waals surface area contributed by atoms with E-state index in [2.05, 4.69) is 53.2 Å². The van der Waals surface area contributed by atoms with Crippen molar-refractivity contribution in [3.05, 3.63) is 65.2 Å². The fraction of sp³-hybridized carbons (Fsp3) is 0.407. The van der Waals surface area contributed by atoms with Crippen molar-refractivity contribution in [2.75, 3.05) is 44.2 Å².